The molecule has 0 spiro atoms. The molecule has 0 bridgehead atoms. The van der Waals surface area contributed by atoms with E-state index in [0.717, 1.165) is 55.4 Å². The number of hydrogen-bond acceptors (Lipinski definition) is 5. The Labute approximate surface area is 107 Å². The summed E-state index contributed by atoms with van der Waals surface area (Å²) in [5.41, 5.74) is -0.169. The molecule has 0 aromatic carbocycles. The van der Waals surface area contributed by atoms with E-state index < -0.39 is 0 Å². The third-order valence-corrected chi connectivity index (χ3v) is 4.36. The predicted molar refractivity (Wildman–Crippen MR) is 69.3 cm³/mol. The van der Waals surface area contributed by atoms with Crippen molar-refractivity contribution in [1.29, 1.82) is 0 Å². The number of aromatic nitrogens is 2. The lowest BCUT2D eigenvalue weighted by atomic mass is 10.0. The van der Waals surface area contributed by atoms with Crippen molar-refractivity contribution >= 4 is 11.3 Å². The number of hydrogen-bond donors (Lipinski definition) is 1. The van der Waals surface area contributed by atoms with Gasteiger partial charge in [0.15, 0.2) is 0 Å². The van der Waals surface area contributed by atoms with Crippen molar-refractivity contribution < 1.29 is 4.74 Å². The van der Waals surface area contributed by atoms with Crippen molar-refractivity contribution in [3.8, 4) is 0 Å². The van der Waals surface area contributed by atoms with Crippen molar-refractivity contribution in [3.63, 3.8) is 0 Å². The van der Waals surface area contributed by atoms with Crippen LogP contribution in [0.3, 0.4) is 0 Å². The molecule has 17 heavy (non-hydrogen) atoms. The van der Waals surface area contributed by atoms with E-state index in [2.05, 4.69) is 29.4 Å². The Bertz CT molecular complexity index is 347. The monoisotopic (exact) mass is 255 g/mol. The molecule has 96 valence electrons. The van der Waals surface area contributed by atoms with Crippen LogP contribution in [0, 0.1) is 0 Å². The molecule has 1 fully saturated rings. The molecule has 1 aliphatic rings. The highest BCUT2D eigenvalue weighted by Gasteiger charge is 2.35. The summed E-state index contributed by atoms with van der Waals surface area (Å²) >= 11 is 1.71. The van der Waals surface area contributed by atoms with Gasteiger partial charge >= 0.3 is 0 Å². The largest absolute Gasteiger partial charge is 0.368 e. The topological polar surface area (TPSA) is 47.0 Å². The second-order valence-electron chi connectivity index (χ2n) is 4.64. The Hall–Kier alpha value is -0.520. The third-order valence-electron chi connectivity index (χ3n) is 3.13. The molecule has 1 unspecified atom stereocenters. The van der Waals surface area contributed by atoms with Crippen molar-refractivity contribution in [2.45, 2.75) is 45.1 Å². The molecular formula is C12H21N3OS. The van der Waals surface area contributed by atoms with Gasteiger partial charge in [-0.3, -0.25) is 0 Å². The second kappa shape index (κ2) is 5.89. The number of rotatable bonds is 6. The molecule has 1 atom stereocenters. The molecule has 0 radical (unpaired) electrons. The van der Waals surface area contributed by atoms with E-state index in [1.807, 2.05) is 0 Å². The standard InChI is InChI=1S/C12H21N3OS/c1-3-13-8-4-6-10-14-15-11(17-10)12(2)7-5-9-16-12/h13H,3-9H2,1-2H3. The van der Waals surface area contributed by atoms with Crippen LogP contribution in [0.5, 0.6) is 0 Å². The highest BCUT2D eigenvalue weighted by Crippen LogP contribution is 2.37. The minimum Gasteiger partial charge on any atom is -0.368 e. The van der Waals surface area contributed by atoms with E-state index in [0.29, 0.717) is 0 Å². The van der Waals surface area contributed by atoms with Crippen LogP contribution in [0.25, 0.3) is 0 Å². The Morgan fingerprint density at radius 2 is 2.35 bits per heavy atom. The van der Waals surface area contributed by atoms with Gasteiger partial charge in [-0.1, -0.05) is 18.3 Å². The van der Waals surface area contributed by atoms with Crippen molar-refractivity contribution in [2.24, 2.45) is 0 Å². The SMILES string of the molecule is CCNCCCc1nnc(C2(C)CCCO2)s1. The van der Waals surface area contributed by atoms with Crippen molar-refractivity contribution in [2.75, 3.05) is 19.7 Å². The Morgan fingerprint density at radius 3 is 3.06 bits per heavy atom. The molecule has 1 aliphatic heterocycles. The van der Waals surface area contributed by atoms with Gasteiger partial charge in [-0.15, -0.1) is 10.2 Å². The van der Waals surface area contributed by atoms with Crippen LogP contribution < -0.4 is 5.32 Å². The van der Waals surface area contributed by atoms with Crippen LogP contribution in [0.1, 0.15) is 43.1 Å². The molecule has 0 saturated carbocycles. The van der Waals surface area contributed by atoms with Gasteiger partial charge in [0.25, 0.3) is 0 Å². The predicted octanol–water partition coefficient (Wildman–Crippen LogP) is 2.11. The maximum atomic E-state index is 5.78. The first-order valence-electron chi connectivity index (χ1n) is 6.42. The zero-order valence-corrected chi connectivity index (χ0v) is 11.5. The fourth-order valence-electron chi connectivity index (χ4n) is 2.06. The lowest BCUT2D eigenvalue weighted by Gasteiger charge is -2.18. The fourth-order valence-corrected chi connectivity index (χ4v) is 3.07. The first-order chi connectivity index (χ1) is 8.24. The smallest absolute Gasteiger partial charge is 0.149 e. The van der Waals surface area contributed by atoms with Gasteiger partial charge < -0.3 is 10.1 Å². The maximum Gasteiger partial charge on any atom is 0.149 e. The highest BCUT2D eigenvalue weighted by molar-refractivity contribution is 7.11. The molecule has 5 heteroatoms. The third kappa shape index (κ3) is 3.24. The van der Waals surface area contributed by atoms with Gasteiger partial charge in [0.1, 0.15) is 15.6 Å². The second-order valence-corrected chi connectivity index (χ2v) is 5.70. The highest BCUT2D eigenvalue weighted by atomic mass is 32.1. The zero-order chi connectivity index (χ0) is 12.1. The van der Waals surface area contributed by atoms with Crippen LogP contribution in [-0.2, 0) is 16.8 Å². The lowest BCUT2D eigenvalue weighted by Crippen LogP contribution is -2.19. The van der Waals surface area contributed by atoms with Gasteiger partial charge in [-0.2, -0.15) is 0 Å². The summed E-state index contributed by atoms with van der Waals surface area (Å²) in [5, 5.41) is 14.1. The fraction of sp³-hybridized carbons (Fsp3) is 0.833. The molecule has 0 aliphatic carbocycles. The van der Waals surface area contributed by atoms with Gasteiger partial charge in [-0.05, 0) is 39.3 Å². The average Bonchev–Trinajstić information content (AvgIpc) is 2.94. The van der Waals surface area contributed by atoms with Crippen LogP contribution in [0.2, 0.25) is 0 Å². The molecule has 0 amide bonds. The van der Waals surface area contributed by atoms with E-state index in [1.165, 1.54) is 0 Å². The first kappa shape index (κ1) is 12.9. The van der Waals surface area contributed by atoms with Gasteiger partial charge in [0.2, 0.25) is 0 Å². The van der Waals surface area contributed by atoms with E-state index in [-0.39, 0.29) is 5.60 Å². The minimum absolute atomic E-state index is 0.169. The number of ether oxygens (including phenoxy) is 1. The van der Waals surface area contributed by atoms with Crippen LogP contribution in [-0.4, -0.2) is 29.9 Å². The molecule has 1 saturated heterocycles. The molecule has 1 aromatic rings. The summed E-state index contributed by atoms with van der Waals surface area (Å²) < 4.78 is 5.78. The summed E-state index contributed by atoms with van der Waals surface area (Å²) in [6, 6.07) is 0. The minimum atomic E-state index is -0.169. The molecule has 4 nitrogen and oxygen atoms in total. The zero-order valence-electron chi connectivity index (χ0n) is 10.7. The average molecular weight is 255 g/mol. The first-order valence-corrected chi connectivity index (χ1v) is 7.24. The van der Waals surface area contributed by atoms with E-state index in [4.69, 9.17) is 4.74 Å². The van der Waals surface area contributed by atoms with E-state index >= 15 is 0 Å². The lowest BCUT2D eigenvalue weighted by molar-refractivity contribution is 0.0161. The molecule has 1 N–H and O–H groups in total. The van der Waals surface area contributed by atoms with Gasteiger partial charge in [0.05, 0.1) is 0 Å². The summed E-state index contributed by atoms with van der Waals surface area (Å²) in [7, 11) is 0. The molecule has 2 rings (SSSR count). The van der Waals surface area contributed by atoms with E-state index in [1.54, 1.807) is 11.3 Å². The number of nitrogens with one attached hydrogen (secondary N) is 1. The maximum absolute atomic E-state index is 5.78. The van der Waals surface area contributed by atoms with Crippen LogP contribution in [0.15, 0.2) is 0 Å². The van der Waals surface area contributed by atoms with Crippen LogP contribution in [0.4, 0.5) is 0 Å². The van der Waals surface area contributed by atoms with Crippen LogP contribution >= 0.6 is 11.3 Å². The Morgan fingerprint density at radius 1 is 1.47 bits per heavy atom. The number of nitrogens with zero attached hydrogens (tertiary/aromatic N) is 2. The van der Waals surface area contributed by atoms with Crippen molar-refractivity contribution in [1.82, 2.24) is 15.5 Å². The molecule has 1 aromatic heterocycles. The van der Waals surface area contributed by atoms with E-state index in [9.17, 15) is 0 Å². The molecular weight excluding hydrogens is 234 g/mol. The van der Waals surface area contributed by atoms with Gasteiger partial charge in [0, 0.05) is 13.0 Å². The summed E-state index contributed by atoms with van der Waals surface area (Å²) in [6.07, 6.45) is 4.34. The normalized spacial score (nSPS) is 24.4. The summed E-state index contributed by atoms with van der Waals surface area (Å²) in [4.78, 5) is 0. The quantitative estimate of drug-likeness (QED) is 0.791. The molecule has 2 heterocycles. The number of aryl methyl sites for hydroxylation is 1. The summed E-state index contributed by atoms with van der Waals surface area (Å²) in [6.45, 7) is 7.20. The van der Waals surface area contributed by atoms with Crippen molar-refractivity contribution in [3.05, 3.63) is 10.0 Å². The Kier molecular flexibility index (Phi) is 4.48. The summed E-state index contributed by atoms with van der Waals surface area (Å²) in [5.74, 6) is 0. The van der Waals surface area contributed by atoms with Gasteiger partial charge in [-0.25, -0.2) is 0 Å². The Balaban J connectivity index is 1.87.